The molecule has 1 heterocycles. The zero-order chi connectivity index (χ0) is 12.8. The van der Waals surface area contributed by atoms with Crippen molar-refractivity contribution in [3.63, 3.8) is 0 Å². The summed E-state index contributed by atoms with van der Waals surface area (Å²) in [6.45, 7) is 3.50. The fourth-order valence-electron chi connectivity index (χ4n) is 1.27. The van der Waals surface area contributed by atoms with Gasteiger partial charge in [0.05, 0.1) is 6.20 Å². The van der Waals surface area contributed by atoms with Crippen molar-refractivity contribution in [3.8, 4) is 5.75 Å². The Morgan fingerprint density at radius 3 is 2.76 bits per heavy atom. The van der Waals surface area contributed by atoms with Crippen LogP contribution in [0.5, 0.6) is 5.75 Å². The van der Waals surface area contributed by atoms with E-state index in [0.29, 0.717) is 12.2 Å². The van der Waals surface area contributed by atoms with E-state index >= 15 is 0 Å². The summed E-state index contributed by atoms with van der Waals surface area (Å²) in [6, 6.07) is 3.62. The number of aliphatic carboxylic acids is 1. The summed E-state index contributed by atoms with van der Waals surface area (Å²) in [6.07, 6.45) is 2.26. The molecule has 1 rings (SSSR count). The van der Waals surface area contributed by atoms with Crippen LogP contribution in [0.25, 0.3) is 0 Å². The standard InChI is InChI=1S/C12H18N2O3/c1-3-9(13)6-10-4-5-11(7-14-10)17-8(2)12(15)16/h4-5,7-9H,3,6,13H2,1-2H3,(H,15,16). The summed E-state index contributed by atoms with van der Waals surface area (Å²) in [5, 5.41) is 8.69. The van der Waals surface area contributed by atoms with Crippen LogP contribution in [0, 0.1) is 0 Å². The molecule has 5 heteroatoms. The molecule has 0 saturated carbocycles. The highest BCUT2D eigenvalue weighted by Gasteiger charge is 2.12. The molecule has 2 unspecified atom stereocenters. The average molecular weight is 238 g/mol. The molecular formula is C12H18N2O3. The maximum absolute atomic E-state index is 10.6. The van der Waals surface area contributed by atoms with Crippen LogP contribution in [0.2, 0.25) is 0 Å². The Bertz CT molecular complexity index is 365. The van der Waals surface area contributed by atoms with Gasteiger partial charge in [-0.3, -0.25) is 4.98 Å². The highest BCUT2D eigenvalue weighted by molar-refractivity contribution is 5.72. The monoisotopic (exact) mass is 238 g/mol. The van der Waals surface area contributed by atoms with Gasteiger partial charge in [0.2, 0.25) is 0 Å². The summed E-state index contributed by atoms with van der Waals surface area (Å²) in [5.41, 5.74) is 6.70. The van der Waals surface area contributed by atoms with Crippen LogP contribution in [-0.4, -0.2) is 28.2 Å². The van der Waals surface area contributed by atoms with E-state index in [1.54, 1.807) is 12.1 Å². The topological polar surface area (TPSA) is 85.4 Å². The zero-order valence-electron chi connectivity index (χ0n) is 10.1. The van der Waals surface area contributed by atoms with Gasteiger partial charge in [0.25, 0.3) is 0 Å². The number of hydrogen-bond acceptors (Lipinski definition) is 4. The van der Waals surface area contributed by atoms with Crippen LogP contribution in [0.4, 0.5) is 0 Å². The smallest absolute Gasteiger partial charge is 0.344 e. The third-order valence-corrected chi connectivity index (χ3v) is 2.45. The Kier molecular flexibility index (Phi) is 4.90. The number of hydrogen-bond donors (Lipinski definition) is 2. The second-order valence-electron chi connectivity index (χ2n) is 3.96. The number of carboxylic acid groups (broad SMARTS) is 1. The Morgan fingerprint density at radius 1 is 1.59 bits per heavy atom. The molecule has 0 aromatic carbocycles. The van der Waals surface area contributed by atoms with Crippen LogP contribution < -0.4 is 10.5 Å². The van der Waals surface area contributed by atoms with E-state index in [2.05, 4.69) is 4.98 Å². The zero-order valence-corrected chi connectivity index (χ0v) is 10.1. The van der Waals surface area contributed by atoms with Crippen molar-refractivity contribution in [1.82, 2.24) is 4.98 Å². The first kappa shape index (κ1) is 13.4. The van der Waals surface area contributed by atoms with E-state index in [9.17, 15) is 4.79 Å². The predicted molar refractivity (Wildman–Crippen MR) is 63.9 cm³/mol. The van der Waals surface area contributed by atoms with E-state index < -0.39 is 12.1 Å². The number of aromatic nitrogens is 1. The molecule has 0 aliphatic rings. The largest absolute Gasteiger partial charge is 0.479 e. The third kappa shape index (κ3) is 4.40. The maximum atomic E-state index is 10.6. The van der Waals surface area contributed by atoms with Gasteiger partial charge in [0.15, 0.2) is 6.10 Å². The Balaban J connectivity index is 2.58. The summed E-state index contributed by atoms with van der Waals surface area (Å²) in [5.74, 6) is -0.546. The lowest BCUT2D eigenvalue weighted by Crippen LogP contribution is -2.23. The van der Waals surface area contributed by atoms with Gasteiger partial charge in [-0.25, -0.2) is 4.79 Å². The van der Waals surface area contributed by atoms with Crippen molar-refractivity contribution in [2.24, 2.45) is 5.73 Å². The summed E-state index contributed by atoms with van der Waals surface area (Å²) in [7, 11) is 0. The fourth-order valence-corrected chi connectivity index (χ4v) is 1.27. The number of rotatable bonds is 6. The van der Waals surface area contributed by atoms with Gasteiger partial charge in [-0.15, -0.1) is 0 Å². The number of carboxylic acids is 1. The number of pyridine rings is 1. The SMILES string of the molecule is CCC(N)Cc1ccc(OC(C)C(=O)O)cn1. The van der Waals surface area contributed by atoms with E-state index in [-0.39, 0.29) is 6.04 Å². The molecule has 94 valence electrons. The molecule has 3 N–H and O–H groups in total. The second kappa shape index (κ2) is 6.20. The molecule has 0 spiro atoms. The molecule has 1 aromatic rings. The van der Waals surface area contributed by atoms with Crippen LogP contribution in [0.1, 0.15) is 26.0 Å². The molecule has 5 nitrogen and oxygen atoms in total. The number of nitrogens with two attached hydrogens (primary N) is 1. The lowest BCUT2D eigenvalue weighted by molar-refractivity contribution is -0.144. The minimum absolute atomic E-state index is 0.104. The van der Waals surface area contributed by atoms with E-state index in [4.69, 9.17) is 15.6 Å². The molecule has 2 atom stereocenters. The molecule has 0 amide bonds. The van der Waals surface area contributed by atoms with Crippen molar-refractivity contribution in [3.05, 3.63) is 24.0 Å². The summed E-state index contributed by atoms with van der Waals surface area (Å²) >= 11 is 0. The first-order chi connectivity index (χ1) is 8.02. The quantitative estimate of drug-likeness (QED) is 0.778. The molecule has 1 aromatic heterocycles. The molecule has 0 radical (unpaired) electrons. The van der Waals surface area contributed by atoms with Gasteiger partial charge in [-0.05, 0) is 25.5 Å². The minimum atomic E-state index is -0.998. The van der Waals surface area contributed by atoms with E-state index in [1.807, 2.05) is 6.92 Å². The van der Waals surface area contributed by atoms with E-state index in [0.717, 1.165) is 12.1 Å². The van der Waals surface area contributed by atoms with Crippen LogP contribution in [-0.2, 0) is 11.2 Å². The number of ether oxygens (including phenoxy) is 1. The fraction of sp³-hybridized carbons (Fsp3) is 0.500. The normalized spacial score (nSPS) is 14.1. The first-order valence-corrected chi connectivity index (χ1v) is 5.63. The number of nitrogens with zero attached hydrogens (tertiary/aromatic N) is 1. The summed E-state index contributed by atoms with van der Waals surface area (Å²) in [4.78, 5) is 14.8. The van der Waals surface area contributed by atoms with Gasteiger partial charge < -0.3 is 15.6 Å². The molecule has 0 bridgehead atoms. The van der Waals surface area contributed by atoms with Crippen molar-refractivity contribution in [2.75, 3.05) is 0 Å². The second-order valence-corrected chi connectivity index (χ2v) is 3.96. The molecular weight excluding hydrogens is 220 g/mol. The van der Waals surface area contributed by atoms with Crippen LogP contribution in [0.15, 0.2) is 18.3 Å². The van der Waals surface area contributed by atoms with Crippen molar-refractivity contribution < 1.29 is 14.6 Å². The van der Waals surface area contributed by atoms with E-state index in [1.165, 1.54) is 13.1 Å². The first-order valence-electron chi connectivity index (χ1n) is 5.63. The predicted octanol–water partition coefficient (Wildman–Crippen LogP) is 1.21. The van der Waals surface area contributed by atoms with Crippen molar-refractivity contribution >= 4 is 5.97 Å². The molecule has 0 aliphatic heterocycles. The van der Waals surface area contributed by atoms with Gasteiger partial charge in [0, 0.05) is 18.2 Å². The lowest BCUT2D eigenvalue weighted by atomic mass is 10.1. The average Bonchev–Trinajstić information content (AvgIpc) is 2.31. The minimum Gasteiger partial charge on any atom is -0.479 e. The highest BCUT2D eigenvalue weighted by Crippen LogP contribution is 2.12. The Labute approximate surface area is 101 Å². The summed E-state index contributed by atoms with van der Waals surface area (Å²) < 4.78 is 5.17. The molecule has 17 heavy (non-hydrogen) atoms. The highest BCUT2D eigenvalue weighted by atomic mass is 16.5. The third-order valence-electron chi connectivity index (χ3n) is 2.45. The van der Waals surface area contributed by atoms with Crippen molar-refractivity contribution in [1.29, 1.82) is 0 Å². The van der Waals surface area contributed by atoms with Crippen molar-refractivity contribution in [2.45, 2.75) is 38.8 Å². The molecule has 0 aliphatic carbocycles. The molecule has 0 saturated heterocycles. The Hall–Kier alpha value is -1.62. The van der Waals surface area contributed by atoms with Gasteiger partial charge in [0.1, 0.15) is 5.75 Å². The lowest BCUT2D eigenvalue weighted by Gasteiger charge is -2.11. The van der Waals surface area contributed by atoms with Crippen LogP contribution >= 0.6 is 0 Å². The number of carbonyl (C=O) groups is 1. The van der Waals surface area contributed by atoms with Gasteiger partial charge in [-0.2, -0.15) is 0 Å². The van der Waals surface area contributed by atoms with Gasteiger partial charge in [-0.1, -0.05) is 6.92 Å². The van der Waals surface area contributed by atoms with Gasteiger partial charge >= 0.3 is 5.97 Å². The van der Waals surface area contributed by atoms with Crippen LogP contribution in [0.3, 0.4) is 0 Å². The molecule has 0 fully saturated rings. The Morgan fingerprint density at radius 2 is 2.29 bits per heavy atom. The maximum Gasteiger partial charge on any atom is 0.344 e.